The highest BCUT2D eigenvalue weighted by atomic mass is 19.4. The molecular weight excluding hydrogens is 243 g/mol. The number of nitrogens with zero attached hydrogens (tertiary/aromatic N) is 2. The first-order chi connectivity index (χ1) is 8.38. The summed E-state index contributed by atoms with van der Waals surface area (Å²) in [5.74, 6) is 0. The molecule has 1 atom stereocenters. The third kappa shape index (κ3) is 2.53. The van der Waals surface area contributed by atoms with Crippen molar-refractivity contribution < 1.29 is 13.2 Å². The largest absolute Gasteiger partial charge is 0.419 e. The van der Waals surface area contributed by atoms with Crippen LogP contribution in [-0.4, -0.2) is 9.78 Å². The highest BCUT2D eigenvalue weighted by Gasteiger charge is 2.32. The summed E-state index contributed by atoms with van der Waals surface area (Å²) >= 11 is 0. The quantitative estimate of drug-likeness (QED) is 0.896. The molecule has 0 amide bonds. The zero-order valence-electron chi connectivity index (χ0n) is 9.65. The van der Waals surface area contributed by atoms with Crippen molar-refractivity contribution in [3.8, 4) is 5.69 Å². The summed E-state index contributed by atoms with van der Waals surface area (Å²) in [6.45, 7) is 1.84. The van der Waals surface area contributed by atoms with Crippen LogP contribution in [0.1, 0.15) is 24.1 Å². The normalized spacial score (nSPS) is 13.6. The Labute approximate surface area is 102 Å². The van der Waals surface area contributed by atoms with Gasteiger partial charge in [0.1, 0.15) is 0 Å². The molecule has 0 saturated heterocycles. The van der Waals surface area contributed by atoms with Gasteiger partial charge in [0, 0.05) is 12.2 Å². The number of hydrogen-bond donors (Lipinski definition) is 1. The molecule has 1 aromatic carbocycles. The maximum atomic E-state index is 12.4. The number of aromatic nitrogens is 2. The van der Waals surface area contributed by atoms with E-state index in [4.69, 9.17) is 5.73 Å². The average molecular weight is 255 g/mol. The van der Waals surface area contributed by atoms with Gasteiger partial charge < -0.3 is 5.73 Å². The van der Waals surface area contributed by atoms with E-state index in [0.29, 0.717) is 5.69 Å². The second-order valence-electron chi connectivity index (χ2n) is 4.05. The van der Waals surface area contributed by atoms with E-state index in [1.807, 2.05) is 6.92 Å². The van der Waals surface area contributed by atoms with Crippen molar-refractivity contribution in [1.82, 2.24) is 9.78 Å². The number of halogens is 3. The van der Waals surface area contributed by atoms with Gasteiger partial charge in [-0.1, -0.05) is 12.1 Å². The van der Waals surface area contributed by atoms with Gasteiger partial charge in [0.2, 0.25) is 0 Å². The van der Waals surface area contributed by atoms with Gasteiger partial charge in [-0.3, -0.25) is 0 Å². The third-order valence-electron chi connectivity index (χ3n) is 2.59. The van der Waals surface area contributed by atoms with Crippen LogP contribution in [0.5, 0.6) is 0 Å². The lowest BCUT2D eigenvalue weighted by Crippen LogP contribution is -2.05. The number of alkyl halides is 3. The van der Waals surface area contributed by atoms with Crippen LogP contribution in [0.15, 0.2) is 36.7 Å². The average Bonchev–Trinajstić information content (AvgIpc) is 2.78. The summed E-state index contributed by atoms with van der Waals surface area (Å²) in [7, 11) is 0. The second-order valence-corrected chi connectivity index (χ2v) is 4.05. The Kier molecular flexibility index (Phi) is 3.13. The van der Waals surface area contributed by atoms with Crippen LogP contribution in [0.2, 0.25) is 0 Å². The molecule has 0 bridgehead atoms. The molecule has 0 radical (unpaired) electrons. The first-order valence-electron chi connectivity index (χ1n) is 5.36. The van der Waals surface area contributed by atoms with Gasteiger partial charge >= 0.3 is 6.18 Å². The van der Waals surface area contributed by atoms with Gasteiger partial charge in [-0.25, -0.2) is 4.68 Å². The minimum atomic E-state index is -4.37. The van der Waals surface area contributed by atoms with Crippen LogP contribution in [-0.2, 0) is 6.18 Å². The lowest BCUT2D eigenvalue weighted by atomic mass is 10.1. The molecule has 2 aromatic rings. The molecule has 1 aromatic heterocycles. The van der Waals surface area contributed by atoms with Gasteiger partial charge in [-0.15, -0.1) is 0 Å². The molecule has 0 aliphatic heterocycles. The highest BCUT2D eigenvalue weighted by molar-refractivity contribution is 5.35. The predicted molar refractivity (Wildman–Crippen MR) is 61.2 cm³/mol. The smallest absolute Gasteiger partial charge is 0.324 e. The summed E-state index contributed by atoms with van der Waals surface area (Å²) in [4.78, 5) is 0. The van der Waals surface area contributed by atoms with E-state index in [1.54, 1.807) is 24.3 Å². The Morgan fingerprint density at radius 3 is 2.28 bits per heavy atom. The van der Waals surface area contributed by atoms with E-state index in [9.17, 15) is 13.2 Å². The lowest BCUT2D eigenvalue weighted by molar-refractivity contribution is -0.137. The van der Waals surface area contributed by atoms with E-state index < -0.39 is 11.7 Å². The summed E-state index contributed by atoms with van der Waals surface area (Å²) < 4.78 is 38.4. The highest BCUT2D eigenvalue weighted by Crippen LogP contribution is 2.29. The van der Waals surface area contributed by atoms with Gasteiger partial charge in [-0.05, 0) is 24.6 Å². The van der Waals surface area contributed by atoms with Crippen molar-refractivity contribution in [2.45, 2.75) is 19.1 Å². The Morgan fingerprint density at radius 1 is 1.22 bits per heavy atom. The Bertz CT molecular complexity index is 526. The molecule has 18 heavy (non-hydrogen) atoms. The van der Waals surface area contributed by atoms with Crippen molar-refractivity contribution in [3.05, 3.63) is 47.8 Å². The lowest BCUT2D eigenvalue weighted by Gasteiger charge is -2.07. The molecule has 0 fully saturated rings. The van der Waals surface area contributed by atoms with Crippen LogP contribution in [0.4, 0.5) is 13.2 Å². The minimum Gasteiger partial charge on any atom is -0.324 e. The number of benzene rings is 1. The van der Waals surface area contributed by atoms with Crippen molar-refractivity contribution in [1.29, 1.82) is 0 Å². The van der Waals surface area contributed by atoms with Crippen LogP contribution < -0.4 is 5.73 Å². The Balaban J connectivity index is 2.29. The molecule has 0 saturated carbocycles. The maximum Gasteiger partial charge on any atom is 0.419 e. The molecular formula is C12H12F3N3. The van der Waals surface area contributed by atoms with E-state index in [1.165, 1.54) is 4.68 Å². The van der Waals surface area contributed by atoms with Crippen LogP contribution in [0.3, 0.4) is 0 Å². The zero-order chi connectivity index (χ0) is 13.3. The summed E-state index contributed by atoms with van der Waals surface area (Å²) in [5, 5.41) is 3.69. The van der Waals surface area contributed by atoms with Crippen LogP contribution >= 0.6 is 0 Å². The number of nitrogens with two attached hydrogens (primary N) is 1. The van der Waals surface area contributed by atoms with Crippen LogP contribution in [0, 0.1) is 0 Å². The molecule has 1 heterocycles. The number of rotatable bonds is 2. The van der Waals surface area contributed by atoms with Gasteiger partial charge in [0.05, 0.1) is 17.4 Å². The van der Waals surface area contributed by atoms with Gasteiger partial charge in [0.15, 0.2) is 0 Å². The van der Waals surface area contributed by atoms with E-state index in [2.05, 4.69) is 5.10 Å². The fourth-order valence-corrected chi connectivity index (χ4v) is 1.54. The van der Waals surface area contributed by atoms with Gasteiger partial charge in [-0.2, -0.15) is 18.3 Å². The fourth-order valence-electron chi connectivity index (χ4n) is 1.54. The molecule has 96 valence electrons. The molecule has 0 spiro atoms. The fraction of sp³-hybridized carbons (Fsp3) is 0.250. The minimum absolute atomic E-state index is 0.109. The van der Waals surface area contributed by atoms with E-state index in [-0.39, 0.29) is 6.04 Å². The monoisotopic (exact) mass is 255 g/mol. The first kappa shape index (κ1) is 12.6. The number of hydrogen-bond acceptors (Lipinski definition) is 2. The molecule has 6 heteroatoms. The standard InChI is InChI=1S/C12H12F3N3/c1-8(16)9-2-4-11(5-3-9)18-7-10(6-17-18)12(13,14)15/h2-8H,16H2,1H3/t8-/m0/s1. The van der Waals surface area contributed by atoms with Crippen molar-refractivity contribution in [2.24, 2.45) is 5.73 Å². The SMILES string of the molecule is C[C@H](N)c1ccc(-n2cc(C(F)(F)F)cn2)cc1. The molecule has 0 aliphatic rings. The Hall–Kier alpha value is -1.82. The van der Waals surface area contributed by atoms with Crippen molar-refractivity contribution in [2.75, 3.05) is 0 Å². The first-order valence-corrected chi connectivity index (χ1v) is 5.36. The molecule has 2 N–H and O–H groups in total. The van der Waals surface area contributed by atoms with Crippen molar-refractivity contribution in [3.63, 3.8) is 0 Å². The molecule has 3 nitrogen and oxygen atoms in total. The summed E-state index contributed by atoms with van der Waals surface area (Å²) in [6, 6.07) is 6.81. The van der Waals surface area contributed by atoms with E-state index >= 15 is 0 Å². The van der Waals surface area contributed by atoms with Crippen LogP contribution in [0.25, 0.3) is 5.69 Å². The van der Waals surface area contributed by atoms with Gasteiger partial charge in [0.25, 0.3) is 0 Å². The maximum absolute atomic E-state index is 12.4. The second kappa shape index (κ2) is 4.45. The molecule has 2 rings (SSSR count). The van der Waals surface area contributed by atoms with E-state index in [0.717, 1.165) is 18.0 Å². The predicted octanol–water partition coefficient (Wildman–Crippen LogP) is 2.91. The molecule has 0 aliphatic carbocycles. The third-order valence-corrected chi connectivity index (χ3v) is 2.59. The zero-order valence-corrected chi connectivity index (χ0v) is 9.65. The summed E-state index contributed by atoms with van der Waals surface area (Å²) in [6.07, 6.45) is -2.61. The van der Waals surface area contributed by atoms with Crippen molar-refractivity contribution >= 4 is 0 Å². The molecule has 0 unspecified atom stereocenters. The Morgan fingerprint density at radius 2 is 1.83 bits per heavy atom. The topological polar surface area (TPSA) is 43.8 Å². The summed E-state index contributed by atoms with van der Waals surface area (Å²) in [5.41, 5.74) is 6.41.